The quantitative estimate of drug-likeness (QED) is 0.902. The number of rotatable bonds is 5. The van der Waals surface area contributed by atoms with E-state index in [4.69, 9.17) is 0 Å². The van der Waals surface area contributed by atoms with E-state index in [1.807, 2.05) is 30.3 Å². The summed E-state index contributed by atoms with van der Waals surface area (Å²) in [5.74, 6) is 0.370. The summed E-state index contributed by atoms with van der Waals surface area (Å²) >= 11 is 0. The van der Waals surface area contributed by atoms with Crippen LogP contribution >= 0.6 is 0 Å². The zero-order valence-corrected chi connectivity index (χ0v) is 13.8. The molecule has 25 heavy (non-hydrogen) atoms. The van der Waals surface area contributed by atoms with Gasteiger partial charge >= 0.3 is 0 Å². The van der Waals surface area contributed by atoms with Crippen molar-refractivity contribution in [1.82, 2.24) is 20.1 Å². The van der Waals surface area contributed by atoms with E-state index in [1.54, 1.807) is 4.68 Å². The number of carbonyl (C=O) groups is 1. The Balaban J connectivity index is 1.63. The van der Waals surface area contributed by atoms with E-state index >= 15 is 0 Å². The van der Waals surface area contributed by atoms with Crippen LogP contribution in [0.1, 0.15) is 60.9 Å². The third-order valence-electron chi connectivity index (χ3n) is 5.05. The first-order valence-electron chi connectivity index (χ1n) is 8.72. The standard InChI is InChI=1S/C18H20F2N4O/c19-17(20)18(10-4-5-11-18)22-16(25)14-21-15(12-8-9-12)24(23-14)13-6-2-1-3-7-13/h1-3,6-7,12,17H,4-5,8-11H2,(H,22,25). The average Bonchev–Trinajstić information content (AvgIpc) is 3.18. The summed E-state index contributed by atoms with van der Waals surface area (Å²) in [6, 6.07) is 9.45. The fourth-order valence-electron chi connectivity index (χ4n) is 3.47. The molecule has 0 saturated heterocycles. The number of para-hydroxylation sites is 1. The first kappa shape index (κ1) is 16.2. The Morgan fingerprint density at radius 3 is 2.48 bits per heavy atom. The molecular weight excluding hydrogens is 326 g/mol. The van der Waals surface area contributed by atoms with Crippen LogP contribution in [0.15, 0.2) is 30.3 Å². The molecule has 1 aromatic carbocycles. The third kappa shape index (κ3) is 3.03. The molecule has 0 unspecified atom stereocenters. The number of nitrogens with zero attached hydrogens (tertiary/aromatic N) is 3. The van der Waals surface area contributed by atoms with Crippen LogP contribution in [0.25, 0.3) is 5.69 Å². The zero-order valence-electron chi connectivity index (χ0n) is 13.8. The number of hydrogen-bond donors (Lipinski definition) is 1. The second kappa shape index (κ2) is 6.20. The van der Waals surface area contributed by atoms with Crippen molar-refractivity contribution in [2.75, 3.05) is 0 Å². The van der Waals surface area contributed by atoms with E-state index < -0.39 is 17.9 Å². The lowest BCUT2D eigenvalue weighted by molar-refractivity contribution is 0.0300. The molecule has 5 nitrogen and oxygen atoms in total. The number of alkyl halides is 2. The summed E-state index contributed by atoms with van der Waals surface area (Å²) in [5.41, 5.74) is -0.616. The molecule has 4 rings (SSSR count). The number of carbonyl (C=O) groups excluding carboxylic acids is 1. The molecule has 7 heteroatoms. The van der Waals surface area contributed by atoms with Crippen LogP contribution in [0.3, 0.4) is 0 Å². The highest BCUT2D eigenvalue weighted by Crippen LogP contribution is 2.40. The maximum Gasteiger partial charge on any atom is 0.291 e. The average molecular weight is 346 g/mol. The number of aromatic nitrogens is 3. The normalized spacial score (nSPS) is 19.3. The second-order valence-electron chi connectivity index (χ2n) is 6.93. The van der Waals surface area contributed by atoms with Gasteiger partial charge in [0.15, 0.2) is 0 Å². The van der Waals surface area contributed by atoms with Gasteiger partial charge in [0.05, 0.1) is 5.69 Å². The van der Waals surface area contributed by atoms with Gasteiger partial charge in [0, 0.05) is 5.92 Å². The highest BCUT2D eigenvalue weighted by Gasteiger charge is 2.44. The predicted molar refractivity (Wildman–Crippen MR) is 88.0 cm³/mol. The molecule has 1 amide bonds. The van der Waals surface area contributed by atoms with E-state index in [0.29, 0.717) is 25.7 Å². The van der Waals surface area contributed by atoms with Crippen LogP contribution < -0.4 is 5.32 Å². The molecule has 132 valence electrons. The van der Waals surface area contributed by atoms with Crippen molar-refractivity contribution < 1.29 is 13.6 Å². The van der Waals surface area contributed by atoms with Gasteiger partial charge in [-0.3, -0.25) is 4.79 Å². The SMILES string of the molecule is O=C(NC1(C(F)F)CCCC1)c1nc(C2CC2)n(-c2ccccc2)n1. The van der Waals surface area contributed by atoms with E-state index in [1.165, 1.54) is 0 Å². The van der Waals surface area contributed by atoms with Crippen molar-refractivity contribution in [1.29, 1.82) is 0 Å². The molecule has 1 N–H and O–H groups in total. The molecule has 1 heterocycles. The molecule has 2 aromatic rings. The highest BCUT2D eigenvalue weighted by atomic mass is 19.3. The third-order valence-corrected chi connectivity index (χ3v) is 5.05. The van der Waals surface area contributed by atoms with Gasteiger partial charge in [0.2, 0.25) is 5.82 Å². The zero-order chi connectivity index (χ0) is 17.4. The topological polar surface area (TPSA) is 59.8 Å². The molecule has 0 aliphatic heterocycles. The molecular formula is C18H20F2N4O. The van der Waals surface area contributed by atoms with Gasteiger partial charge in [-0.2, -0.15) is 0 Å². The van der Waals surface area contributed by atoms with Crippen LogP contribution in [0, 0.1) is 0 Å². The van der Waals surface area contributed by atoms with Crippen molar-refractivity contribution in [3.8, 4) is 5.69 Å². The smallest absolute Gasteiger partial charge is 0.291 e. The first-order chi connectivity index (χ1) is 12.1. The second-order valence-corrected chi connectivity index (χ2v) is 6.93. The Kier molecular flexibility index (Phi) is 4.01. The molecule has 0 bridgehead atoms. The van der Waals surface area contributed by atoms with Gasteiger partial charge in [-0.1, -0.05) is 31.0 Å². The summed E-state index contributed by atoms with van der Waals surface area (Å²) in [6.07, 6.45) is 1.42. The van der Waals surface area contributed by atoms with Crippen LogP contribution in [0.2, 0.25) is 0 Å². The van der Waals surface area contributed by atoms with Gasteiger partial charge < -0.3 is 5.32 Å². The largest absolute Gasteiger partial charge is 0.338 e. The Morgan fingerprint density at radius 1 is 1.20 bits per heavy atom. The Morgan fingerprint density at radius 2 is 1.88 bits per heavy atom. The summed E-state index contributed by atoms with van der Waals surface area (Å²) in [4.78, 5) is 16.9. The van der Waals surface area contributed by atoms with Crippen LogP contribution in [0.4, 0.5) is 8.78 Å². The monoisotopic (exact) mass is 346 g/mol. The fourth-order valence-corrected chi connectivity index (χ4v) is 3.47. The minimum Gasteiger partial charge on any atom is -0.338 e. The Labute approximate surface area is 144 Å². The molecule has 1 aromatic heterocycles. The predicted octanol–water partition coefficient (Wildman–Crippen LogP) is 3.45. The Bertz CT molecular complexity index is 765. The van der Waals surface area contributed by atoms with E-state index in [-0.39, 0.29) is 11.7 Å². The van der Waals surface area contributed by atoms with Gasteiger partial charge in [-0.25, -0.2) is 18.4 Å². The lowest BCUT2D eigenvalue weighted by atomic mass is 9.98. The molecule has 0 spiro atoms. The van der Waals surface area contributed by atoms with E-state index in [0.717, 1.165) is 24.4 Å². The van der Waals surface area contributed by atoms with Crippen LogP contribution in [0.5, 0.6) is 0 Å². The minimum absolute atomic E-state index is 0.0299. The molecule has 0 radical (unpaired) electrons. The number of amides is 1. The van der Waals surface area contributed by atoms with Crippen molar-refractivity contribution in [2.24, 2.45) is 0 Å². The number of nitrogens with one attached hydrogen (secondary N) is 1. The lowest BCUT2D eigenvalue weighted by Gasteiger charge is -2.28. The summed E-state index contributed by atoms with van der Waals surface area (Å²) in [5, 5.41) is 6.85. The van der Waals surface area contributed by atoms with E-state index in [2.05, 4.69) is 15.4 Å². The maximum absolute atomic E-state index is 13.5. The summed E-state index contributed by atoms with van der Waals surface area (Å²) in [6.45, 7) is 0. The lowest BCUT2D eigenvalue weighted by Crippen LogP contribution is -2.52. The summed E-state index contributed by atoms with van der Waals surface area (Å²) in [7, 11) is 0. The number of hydrogen-bond acceptors (Lipinski definition) is 3. The van der Waals surface area contributed by atoms with Crippen molar-refractivity contribution >= 4 is 5.91 Å². The molecule has 0 atom stereocenters. The Hall–Kier alpha value is -2.31. The van der Waals surface area contributed by atoms with E-state index in [9.17, 15) is 13.6 Å². The van der Waals surface area contributed by atoms with Crippen LogP contribution in [-0.4, -0.2) is 32.6 Å². The first-order valence-corrected chi connectivity index (χ1v) is 8.72. The highest BCUT2D eigenvalue weighted by molar-refractivity contribution is 5.91. The van der Waals surface area contributed by atoms with Crippen LogP contribution in [-0.2, 0) is 0 Å². The molecule has 2 fully saturated rings. The minimum atomic E-state index is -2.59. The number of benzene rings is 1. The van der Waals surface area contributed by atoms with Gasteiger partial charge in [0.25, 0.3) is 12.3 Å². The molecule has 2 aliphatic carbocycles. The summed E-state index contributed by atoms with van der Waals surface area (Å²) < 4.78 is 28.7. The van der Waals surface area contributed by atoms with Gasteiger partial charge in [-0.15, -0.1) is 5.10 Å². The molecule has 2 saturated carbocycles. The van der Waals surface area contributed by atoms with Crippen molar-refractivity contribution in [3.05, 3.63) is 42.0 Å². The van der Waals surface area contributed by atoms with Gasteiger partial charge in [-0.05, 0) is 37.8 Å². The van der Waals surface area contributed by atoms with Crippen molar-refractivity contribution in [2.45, 2.75) is 56.4 Å². The fraction of sp³-hybridized carbons (Fsp3) is 0.500. The van der Waals surface area contributed by atoms with Crippen molar-refractivity contribution in [3.63, 3.8) is 0 Å². The van der Waals surface area contributed by atoms with Gasteiger partial charge in [0.1, 0.15) is 11.4 Å². The maximum atomic E-state index is 13.5. The number of halogens is 2. The molecule has 2 aliphatic rings.